The maximum atomic E-state index is 10.5. The number of halogens is 1. The van der Waals surface area contributed by atoms with Gasteiger partial charge in [0.15, 0.2) is 17.6 Å². The highest BCUT2D eigenvalue weighted by atomic mass is 79.9. The molecule has 1 aromatic rings. The van der Waals surface area contributed by atoms with Crippen LogP contribution in [0.25, 0.3) is 6.08 Å². The number of ether oxygens (including phenoxy) is 2. The number of carboxylic acid groups (broad SMARTS) is 1. The van der Waals surface area contributed by atoms with Crippen LogP contribution in [0.3, 0.4) is 0 Å². The van der Waals surface area contributed by atoms with E-state index in [9.17, 15) is 4.79 Å². The van der Waals surface area contributed by atoms with Crippen molar-refractivity contribution in [2.45, 2.75) is 20.0 Å². The highest BCUT2D eigenvalue weighted by Gasteiger charge is 2.14. The molecule has 1 atom stereocenters. The predicted octanol–water partition coefficient (Wildman–Crippen LogP) is 3.24. The molecule has 106 valence electrons. The lowest BCUT2D eigenvalue weighted by molar-refractivity contribution is -0.131. The number of rotatable bonds is 6. The molecule has 0 amide bonds. The zero-order valence-corrected chi connectivity index (χ0v) is 12.7. The molecule has 0 aliphatic rings. The molecule has 1 unspecified atom stereocenters. The van der Waals surface area contributed by atoms with Crippen molar-refractivity contribution in [2.24, 2.45) is 0 Å². The summed E-state index contributed by atoms with van der Waals surface area (Å²) in [6, 6.07) is 5.33. The van der Waals surface area contributed by atoms with Crippen LogP contribution >= 0.6 is 15.9 Å². The summed E-state index contributed by atoms with van der Waals surface area (Å²) in [5.41, 5.74) is 0.652. The smallest absolute Gasteiger partial charge is 0.328 e. The molecule has 20 heavy (non-hydrogen) atoms. The lowest BCUT2D eigenvalue weighted by Crippen LogP contribution is -2.10. The third-order valence-corrected chi connectivity index (χ3v) is 2.82. The van der Waals surface area contributed by atoms with Crippen LogP contribution in [-0.2, 0) is 4.79 Å². The van der Waals surface area contributed by atoms with Gasteiger partial charge in [-0.05, 0) is 53.5 Å². The van der Waals surface area contributed by atoms with Gasteiger partial charge >= 0.3 is 5.97 Å². The van der Waals surface area contributed by atoms with Gasteiger partial charge in [-0.15, -0.1) is 0 Å². The summed E-state index contributed by atoms with van der Waals surface area (Å²) in [7, 11) is 0. The summed E-state index contributed by atoms with van der Waals surface area (Å²) in [6.07, 6.45) is 1.87. The number of nitrogens with zero attached hydrogens (tertiary/aromatic N) is 1. The fraction of sp³-hybridized carbons (Fsp3) is 0.286. The van der Waals surface area contributed by atoms with Gasteiger partial charge in [0.1, 0.15) is 6.07 Å². The van der Waals surface area contributed by atoms with Crippen LogP contribution in [0.1, 0.15) is 19.4 Å². The van der Waals surface area contributed by atoms with Crippen molar-refractivity contribution < 1.29 is 19.4 Å². The summed E-state index contributed by atoms with van der Waals surface area (Å²) in [5, 5.41) is 17.4. The molecule has 0 aromatic heterocycles. The number of benzene rings is 1. The molecule has 0 aliphatic carbocycles. The Bertz CT molecular complexity index is 563. The first-order valence-corrected chi connectivity index (χ1v) is 6.70. The molecule has 0 fully saturated rings. The molecular weight excluding hydrogens is 326 g/mol. The number of aliphatic carboxylic acids is 1. The minimum atomic E-state index is -1.03. The summed E-state index contributed by atoms with van der Waals surface area (Å²) in [4.78, 5) is 10.5. The van der Waals surface area contributed by atoms with Crippen LogP contribution in [0, 0.1) is 11.3 Å². The number of hydrogen-bond donors (Lipinski definition) is 1. The van der Waals surface area contributed by atoms with Gasteiger partial charge in [-0.1, -0.05) is 0 Å². The Morgan fingerprint density at radius 2 is 2.30 bits per heavy atom. The van der Waals surface area contributed by atoms with Crippen LogP contribution in [0.5, 0.6) is 11.5 Å². The maximum absolute atomic E-state index is 10.5. The summed E-state index contributed by atoms with van der Waals surface area (Å²) < 4.78 is 11.5. The van der Waals surface area contributed by atoms with Crippen molar-refractivity contribution in [1.29, 1.82) is 5.26 Å². The van der Waals surface area contributed by atoms with Crippen molar-refractivity contribution in [3.63, 3.8) is 0 Å². The van der Waals surface area contributed by atoms with Gasteiger partial charge in [0.2, 0.25) is 0 Å². The molecule has 0 aliphatic heterocycles. The number of hydrogen-bond acceptors (Lipinski definition) is 4. The highest BCUT2D eigenvalue weighted by Crippen LogP contribution is 2.37. The minimum Gasteiger partial charge on any atom is -0.490 e. The second-order valence-corrected chi connectivity index (χ2v) is 4.68. The predicted molar refractivity (Wildman–Crippen MR) is 77.7 cm³/mol. The van der Waals surface area contributed by atoms with Gasteiger partial charge in [-0.25, -0.2) is 4.79 Å². The zero-order valence-electron chi connectivity index (χ0n) is 11.1. The normalized spacial score (nSPS) is 11.9. The SMILES string of the molecule is CCOc1cc(C=CC(=O)O)cc(Br)c1OC(C)C#N. The maximum Gasteiger partial charge on any atom is 0.328 e. The van der Waals surface area contributed by atoms with E-state index < -0.39 is 12.1 Å². The number of carboxylic acids is 1. The summed E-state index contributed by atoms with van der Waals surface area (Å²) in [5.74, 6) is -0.153. The average Bonchev–Trinajstić information content (AvgIpc) is 2.40. The van der Waals surface area contributed by atoms with E-state index in [1.165, 1.54) is 6.08 Å². The summed E-state index contributed by atoms with van der Waals surface area (Å²) >= 11 is 3.34. The lowest BCUT2D eigenvalue weighted by atomic mass is 10.2. The first-order chi connectivity index (χ1) is 9.47. The van der Waals surface area contributed by atoms with Crippen LogP contribution in [0.15, 0.2) is 22.7 Å². The van der Waals surface area contributed by atoms with Crippen LogP contribution in [0.2, 0.25) is 0 Å². The molecule has 1 rings (SSSR count). The van der Waals surface area contributed by atoms with E-state index in [-0.39, 0.29) is 0 Å². The summed E-state index contributed by atoms with van der Waals surface area (Å²) in [6.45, 7) is 3.88. The molecule has 6 heteroatoms. The van der Waals surface area contributed by atoms with Crippen molar-refractivity contribution in [3.8, 4) is 17.6 Å². The van der Waals surface area contributed by atoms with Gasteiger partial charge in [0, 0.05) is 6.08 Å². The van der Waals surface area contributed by atoms with Gasteiger partial charge < -0.3 is 14.6 Å². The van der Waals surface area contributed by atoms with E-state index in [2.05, 4.69) is 15.9 Å². The zero-order chi connectivity index (χ0) is 15.1. The fourth-order valence-electron chi connectivity index (χ4n) is 1.43. The van der Waals surface area contributed by atoms with Gasteiger partial charge in [-0.2, -0.15) is 5.26 Å². The average molecular weight is 340 g/mol. The molecule has 5 nitrogen and oxygen atoms in total. The molecule has 0 heterocycles. The molecule has 1 N–H and O–H groups in total. The van der Waals surface area contributed by atoms with Crippen LogP contribution in [0.4, 0.5) is 0 Å². The molecule has 0 bridgehead atoms. The van der Waals surface area contributed by atoms with E-state index in [0.29, 0.717) is 28.1 Å². The van der Waals surface area contributed by atoms with E-state index >= 15 is 0 Å². The molecule has 0 saturated carbocycles. The lowest BCUT2D eigenvalue weighted by Gasteiger charge is -2.15. The van der Waals surface area contributed by atoms with Crippen molar-refractivity contribution in [2.75, 3.05) is 6.61 Å². The van der Waals surface area contributed by atoms with E-state index in [0.717, 1.165) is 6.08 Å². The second-order valence-electron chi connectivity index (χ2n) is 3.82. The van der Waals surface area contributed by atoms with Crippen LogP contribution < -0.4 is 9.47 Å². The third kappa shape index (κ3) is 4.59. The molecular formula is C14H14BrNO4. The largest absolute Gasteiger partial charge is 0.490 e. The Morgan fingerprint density at radius 1 is 1.60 bits per heavy atom. The van der Waals surface area contributed by atoms with Crippen molar-refractivity contribution in [1.82, 2.24) is 0 Å². The Labute approximate surface area is 125 Å². The minimum absolute atomic E-state index is 0.424. The quantitative estimate of drug-likeness (QED) is 0.804. The Morgan fingerprint density at radius 3 is 2.85 bits per heavy atom. The van der Waals surface area contributed by atoms with Gasteiger partial charge in [0.25, 0.3) is 0 Å². The molecule has 0 radical (unpaired) electrons. The first kappa shape index (κ1) is 16.1. The number of nitriles is 1. The topological polar surface area (TPSA) is 79.6 Å². The van der Waals surface area contributed by atoms with Crippen LogP contribution in [-0.4, -0.2) is 23.8 Å². The molecule has 1 aromatic carbocycles. The Kier molecular flexibility index (Phi) is 6.07. The molecule has 0 saturated heterocycles. The van der Waals surface area contributed by atoms with E-state index in [4.69, 9.17) is 19.8 Å². The molecule has 0 spiro atoms. The highest BCUT2D eigenvalue weighted by molar-refractivity contribution is 9.10. The number of carbonyl (C=O) groups is 1. The standard InChI is InChI=1S/C14H14BrNO4/c1-3-19-12-7-10(4-5-13(17)18)6-11(15)14(12)20-9(2)8-16/h4-7,9H,3H2,1-2H3,(H,17,18). The van der Waals surface area contributed by atoms with Gasteiger partial charge in [0.05, 0.1) is 11.1 Å². The third-order valence-electron chi connectivity index (χ3n) is 2.23. The monoisotopic (exact) mass is 339 g/mol. The van der Waals surface area contributed by atoms with Gasteiger partial charge in [-0.3, -0.25) is 0 Å². The van der Waals surface area contributed by atoms with E-state index in [1.807, 2.05) is 13.0 Å². The first-order valence-electron chi connectivity index (χ1n) is 5.91. The van der Waals surface area contributed by atoms with E-state index in [1.54, 1.807) is 19.1 Å². The second kappa shape index (κ2) is 7.56. The van der Waals surface area contributed by atoms with Crippen molar-refractivity contribution in [3.05, 3.63) is 28.2 Å². The fourth-order valence-corrected chi connectivity index (χ4v) is 1.99. The van der Waals surface area contributed by atoms with Crippen molar-refractivity contribution >= 4 is 28.0 Å². The Hall–Kier alpha value is -2.00. The Balaban J connectivity index is 3.18.